The molecule has 18 heavy (non-hydrogen) atoms. The maximum Gasteiger partial charge on any atom is 0.293 e. The highest BCUT2D eigenvalue weighted by molar-refractivity contribution is 5.31. The second kappa shape index (κ2) is 5.10. The van der Waals surface area contributed by atoms with Crippen molar-refractivity contribution in [2.45, 2.75) is 51.2 Å². The summed E-state index contributed by atoms with van der Waals surface area (Å²) in [5.41, 5.74) is -0.893. The number of rotatable bonds is 6. The van der Waals surface area contributed by atoms with Crippen LogP contribution in [-0.2, 0) is 0 Å². The van der Waals surface area contributed by atoms with Crippen molar-refractivity contribution in [3.8, 4) is 0 Å². The van der Waals surface area contributed by atoms with E-state index in [0.29, 0.717) is 24.8 Å². The number of nitrogens with one attached hydrogen (secondary N) is 1. The van der Waals surface area contributed by atoms with Crippen LogP contribution in [0.1, 0.15) is 45.6 Å². The van der Waals surface area contributed by atoms with Crippen molar-refractivity contribution in [1.82, 2.24) is 9.55 Å². The van der Waals surface area contributed by atoms with E-state index < -0.39 is 5.60 Å². The van der Waals surface area contributed by atoms with Gasteiger partial charge >= 0.3 is 0 Å². The molecule has 0 radical (unpaired) electrons. The normalized spacial score (nSPS) is 18.4. The van der Waals surface area contributed by atoms with E-state index in [9.17, 15) is 9.90 Å². The largest absolute Gasteiger partial charge is 0.388 e. The van der Waals surface area contributed by atoms with Crippen LogP contribution in [0.5, 0.6) is 0 Å². The van der Waals surface area contributed by atoms with Crippen LogP contribution in [0.2, 0.25) is 0 Å². The molecule has 1 atom stereocenters. The van der Waals surface area contributed by atoms with Crippen LogP contribution in [0.15, 0.2) is 17.2 Å². The van der Waals surface area contributed by atoms with Crippen LogP contribution in [0, 0.1) is 0 Å². The molecule has 0 spiro atoms. The van der Waals surface area contributed by atoms with Crippen molar-refractivity contribution < 1.29 is 5.11 Å². The molecule has 1 fully saturated rings. The molecular weight excluding hydrogens is 230 g/mol. The van der Waals surface area contributed by atoms with Crippen molar-refractivity contribution in [2.24, 2.45) is 0 Å². The Morgan fingerprint density at radius 3 is 2.94 bits per heavy atom. The summed E-state index contributed by atoms with van der Waals surface area (Å²) in [7, 11) is 0. The Hall–Kier alpha value is -1.36. The van der Waals surface area contributed by atoms with E-state index >= 15 is 0 Å². The van der Waals surface area contributed by atoms with Crippen LogP contribution >= 0.6 is 0 Å². The Bertz CT molecular complexity index is 464. The lowest BCUT2D eigenvalue weighted by atomic mass is 10.0. The Kier molecular flexibility index (Phi) is 3.71. The summed E-state index contributed by atoms with van der Waals surface area (Å²) in [5.74, 6) is 0.334. The zero-order chi connectivity index (χ0) is 13.2. The van der Waals surface area contributed by atoms with Gasteiger partial charge in [-0.15, -0.1) is 0 Å². The quantitative estimate of drug-likeness (QED) is 0.805. The summed E-state index contributed by atoms with van der Waals surface area (Å²) in [6.07, 6.45) is 7.10. The van der Waals surface area contributed by atoms with Crippen molar-refractivity contribution in [1.29, 1.82) is 0 Å². The van der Waals surface area contributed by atoms with Crippen molar-refractivity contribution in [3.05, 3.63) is 22.7 Å². The van der Waals surface area contributed by atoms with E-state index in [0.717, 1.165) is 19.3 Å². The fourth-order valence-corrected chi connectivity index (χ4v) is 2.09. The molecule has 0 aliphatic heterocycles. The first-order valence-electron chi connectivity index (χ1n) is 6.57. The van der Waals surface area contributed by atoms with E-state index in [1.807, 2.05) is 6.92 Å². The first-order chi connectivity index (χ1) is 8.53. The van der Waals surface area contributed by atoms with Gasteiger partial charge in [-0.25, -0.2) is 4.98 Å². The number of hydrogen-bond acceptors (Lipinski definition) is 4. The van der Waals surface area contributed by atoms with Gasteiger partial charge in [-0.3, -0.25) is 4.79 Å². The van der Waals surface area contributed by atoms with Crippen molar-refractivity contribution in [3.63, 3.8) is 0 Å². The van der Waals surface area contributed by atoms with Gasteiger partial charge in [-0.2, -0.15) is 0 Å². The number of aliphatic hydroxyl groups is 1. The zero-order valence-corrected chi connectivity index (χ0v) is 11.0. The van der Waals surface area contributed by atoms with Crippen LogP contribution in [-0.4, -0.2) is 26.8 Å². The molecule has 1 heterocycles. The van der Waals surface area contributed by atoms with Crippen LogP contribution in [0.25, 0.3) is 0 Å². The maximum atomic E-state index is 12.1. The van der Waals surface area contributed by atoms with E-state index in [1.165, 1.54) is 0 Å². The zero-order valence-electron chi connectivity index (χ0n) is 11.0. The minimum atomic E-state index is -0.802. The van der Waals surface area contributed by atoms with Crippen molar-refractivity contribution >= 4 is 5.82 Å². The van der Waals surface area contributed by atoms with Gasteiger partial charge in [-0.05, 0) is 26.2 Å². The second-order valence-electron chi connectivity index (χ2n) is 5.32. The lowest BCUT2D eigenvalue weighted by Gasteiger charge is -2.23. The van der Waals surface area contributed by atoms with Crippen LogP contribution < -0.4 is 10.9 Å². The molecule has 5 heteroatoms. The highest BCUT2D eigenvalue weighted by Gasteiger charge is 2.26. The van der Waals surface area contributed by atoms with Crippen LogP contribution in [0.4, 0.5) is 5.82 Å². The smallest absolute Gasteiger partial charge is 0.293 e. The topological polar surface area (TPSA) is 67.2 Å². The molecule has 1 unspecified atom stereocenters. The summed E-state index contributed by atoms with van der Waals surface area (Å²) >= 11 is 0. The minimum Gasteiger partial charge on any atom is -0.388 e. The summed E-state index contributed by atoms with van der Waals surface area (Å²) in [6.45, 7) is 4.14. The standard InChI is InChI=1S/C13H21N3O2/c1-3-6-13(2,18)9-15-11-12(17)16(8-7-14-11)10-4-5-10/h7-8,10,18H,3-6,9H2,1-2H3,(H,14,15). The predicted molar refractivity (Wildman–Crippen MR) is 70.8 cm³/mol. The molecule has 2 rings (SSSR count). The molecule has 1 aliphatic carbocycles. The third-order valence-electron chi connectivity index (χ3n) is 3.23. The molecule has 0 aromatic carbocycles. The molecule has 5 nitrogen and oxygen atoms in total. The lowest BCUT2D eigenvalue weighted by molar-refractivity contribution is 0.0635. The number of hydrogen-bond donors (Lipinski definition) is 2. The lowest BCUT2D eigenvalue weighted by Crippen LogP contribution is -2.35. The van der Waals surface area contributed by atoms with Gasteiger partial charge in [0.25, 0.3) is 5.56 Å². The van der Waals surface area contributed by atoms with Gasteiger partial charge in [0.15, 0.2) is 5.82 Å². The summed E-state index contributed by atoms with van der Waals surface area (Å²) in [5, 5.41) is 13.0. The molecule has 1 aromatic rings. The van der Waals surface area contributed by atoms with Gasteiger partial charge in [-0.1, -0.05) is 13.3 Å². The Labute approximate surface area is 107 Å². The molecule has 1 saturated carbocycles. The Morgan fingerprint density at radius 2 is 2.33 bits per heavy atom. The SMILES string of the molecule is CCCC(C)(O)CNc1nccn(C2CC2)c1=O. The van der Waals surface area contributed by atoms with Gasteiger partial charge in [0.1, 0.15) is 0 Å². The number of aromatic nitrogens is 2. The summed E-state index contributed by atoms with van der Waals surface area (Å²) in [6, 6.07) is 0.345. The Balaban J connectivity index is 2.05. The first kappa shape index (κ1) is 13.1. The summed E-state index contributed by atoms with van der Waals surface area (Å²) < 4.78 is 1.73. The van der Waals surface area contributed by atoms with E-state index in [4.69, 9.17) is 0 Å². The van der Waals surface area contributed by atoms with Crippen molar-refractivity contribution in [2.75, 3.05) is 11.9 Å². The van der Waals surface area contributed by atoms with Gasteiger partial charge in [0.2, 0.25) is 0 Å². The minimum absolute atomic E-state index is 0.0905. The molecule has 1 aromatic heterocycles. The molecular formula is C13H21N3O2. The highest BCUT2D eigenvalue weighted by atomic mass is 16.3. The second-order valence-corrected chi connectivity index (χ2v) is 5.32. The predicted octanol–water partition coefficient (Wildman–Crippen LogP) is 1.54. The molecule has 0 bridgehead atoms. The van der Waals surface area contributed by atoms with Gasteiger partial charge in [0, 0.05) is 25.0 Å². The first-order valence-corrected chi connectivity index (χ1v) is 6.57. The fourth-order valence-electron chi connectivity index (χ4n) is 2.09. The average molecular weight is 251 g/mol. The van der Waals surface area contributed by atoms with E-state index in [-0.39, 0.29) is 5.56 Å². The number of anilines is 1. The summed E-state index contributed by atoms with van der Waals surface area (Å²) in [4.78, 5) is 16.1. The Morgan fingerprint density at radius 1 is 1.61 bits per heavy atom. The molecule has 0 saturated heterocycles. The fraction of sp³-hybridized carbons (Fsp3) is 0.692. The van der Waals surface area contributed by atoms with Gasteiger partial charge < -0.3 is 15.0 Å². The monoisotopic (exact) mass is 251 g/mol. The third-order valence-corrected chi connectivity index (χ3v) is 3.23. The number of nitrogens with zero attached hydrogens (tertiary/aromatic N) is 2. The molecule has 100 valence electrons. The van der Waals surface area contributed by atoms with Crippen LogP contribution in [0.3, 0.4) is 0 Å². The molecule has 2 N–H and O–H groups in total. The highest BCUT2D eigenvalue weighted by Crippen LogP contribution is 2.33. The molecule has 1 aliphatic rings. The van der Waals surface area contributed by atoms with E-state index in [1.54, 1.807) is 23.9 Å². The third kappa shape index (κ3) is 3.10. The average Bonchev–Trinajstić information content (AvgIpc) is 3.12. The van der Waals surface area contributed by atoms with Gasteiger partial charge in [0.05, 0.1) is 5.60 Å². The maximum absolute atomic E-state index is 12.1. The van der Waals surface area contributed by atoms with E-state index in [2.05, 4.69) is 10.3 Å². The molecule has 0 amide bonds.